The quantitative estimate of drug-likeness (QED) is 0.853. The Labute approximate surface area is 121 Å². The number of carbonyl (C=O) groups excluding carboxylic acids is 1. The second kappa shape index (κ2) is 5.38. The zero-order valence-corrected chi connectivity index (χ0v) is 12.3. The average molecular weight is 292 g/mol. The standard InChI is InChI=1S/C14H16N2O3S/c1-9-8-16(5-6-18-9)14(17)12-10(2)19-13(15-12)11-4-3-7-20-11/h3-4,7,9H,5-6,8H2,1-2H3. The lowest BCUT2D eigenvalue weighted by Crippen LogP contribution is -2.44. The van der Waals surface area contributed by atoms with E-state index < -0.39 is 0 Å². The van der Waals surface area contributed by atoms with Gasteiger partial charge < -0.3 is 14.1 Å². The van der Waals surface area contributed by atoms with E-state index in [1.807, 2.05) is 24.4 Å². The summed E-state index contributed by atoms with van der Waals surface area (Å²) in [5.74, 6) is 1.00. The molecule has 1 aliphatic heterocycles. The van der Waals surface area contributed by atoms with Gasteiger partial charge in [-0.1, -0.05) is 6.07 Å². The van der Waals surface area contributed by atoms with Crippen LogP contribution in [-0.2, 0) is 4.74 Å². The first-order valence-corrected chi connectivity index (χ1v) is 7.45. The molecule has 1 atom stereocenters. The third-order valence-electron chi connectivity index (χ3n) is 3.26. The van der Waals surface area contributed by atoms with E-state index in [0.717, 1.165) is 4.88 Å². The highest BCUT2D eigenvalue weighted by Gasteiger charge is 2.27. The second-order valence-electron chi connectivity index (χ2n) is 4.83. The van der Waals surface area contributed by atoms with E-state index >= 15 is 0 Å². The molecule has 1 unspecified atom stereocenters. The molecule has 5 nitrogen and oxygen atoms in total. The molecule has 0 bridgehead atoms. The molecule has 1 saturated heterocycles. The number of carbonyl (C=O) groups is 1. The molecule has 106 valence electrons. The predicted octanol–water partition coefficient (Wildman–Crippen LogP) is 2.57. The summed E-state index contributed by atoms with van der Waals surface area (Å²) in [6.45, 7) is 5.51. The van der Waals surface area contributed by atoms with Gasteiger partial charge in [0.15, 0.2) is 5.69 Å². The lowest BCUT2D eigenvalue weighted by molar-refractivity contribution is -0.0126. The van der Waals surface area contributed by atoms with Crippen LogP contribution in [0.3, 0.4) is 0 Å². The van der Waals surface area contributed by atoms with E-state index in [1.54, 1.807) is 23.2 Å². The molecule has 0 aliphatic carbocycles. The molecular formula is C14H16N2O3S. The molecule has 2 aromatic rings. The average Bonchev–Trinajstić information content (AvgIpc) is 3.07. The lowest BCUT2D eigenvalue weighted by Gasteiger charge is -2.30. The molecule has 3 heterocycles. The maximum absolute atomic E-state index is 12.5. The molecule has 1 amide bonds. The van der Waals surface area contributed by atoms with Crippen molar-refractivity contribution in [1.29, 1.82) is 0 Å². The summed E-state index contributed by atoms with van der Waals surface area (Å²) in [6.07, 6.45) is 0.0664. The van der Waals surface area contributed by atoms with Crippen LogP contribution in [0.5, 0.6) is 0 Å². The van der Waals surface area contributed by atoms with Crippen LogP contribution in [0, 0.1) is 6.92 Å². The van der Waals surface area contributed by atoms with Crippen molar-refractivity contribution in [3.63, 3.8) is 0 Å². The summed E-state index contributed by atoms with van der Waals surface area (Å²) in [4.78, 5) is 19.6. The van der Waals surface area contributed by atoms with Gasteiger partial charge in [0.2, 0.25) is 5.89 Å². The molecule has 0 spiro atoms. The number of ether oxygens (including phenoxy) is 1. The zero-order valence-electron chi connectivity index (χ0n) is 11.5. The van der Waals surface area contributed by atoms with Gasteiger partial charge in [0.25, 0.3) is 5.91 Å². The van der Waals surface area contributed by atoms with Crippen LogP contribution in [0.4, 0.5) is 0 Å². The molecule has 1 aliphatic rings. The van der Waals surface area contributed by atoms with Crippen molar-refractivity contribution < 1.29 is 13.9 Å². The van der Waals surface area contributed by atoms with Crippen molar-refractivity contribution in [2.75, 3.05) is 19.7 Å². The molecule has 0 N–H and O–H groups in total. The number of hydrogen-bond acceptors (Lipinski definition) is 5. The summed E-state index contributed by atoms with van der Waals surface area (Å²) < 4.78 is 11.1. The number of oxazole rings is 1. The third kappa shape index (κ3) is 2.48. The molecule has 0 saturated carbocycles. The van der Waals surface area contributed by atoms with Crippen LogP contribution in [0.25, 0.3) is 10.8 Å². The third-order valence-corrected chi connectivity index (χ3v) is 4.12. The summed E-state index contributed by atoms with van der Waals surface area (Å²) in [5, 5.41) is 1.96. The maximum atomic E-state index is 12.5. The maximum Gasteiger partial charge on any atom is 0.276 e. The number of amides is 1. The second-order valence-corrected chi connectivity index (χ2v) is 5.78. The van der Waals surface area contributed by atoms with Gasteiger partial charge in [-0.05, 0) is 25.3 Å². The molecule has 0 aromatic carbocycles. The first-order chi connectivity index (χ1) is 9.65. The highest BCUT2D eigenvalue weighted by atomic mass is 32.1. The fourth-order valence-electron chi connectivity index (χ4n) is 2.25. The molecule has 2 aromatic heterocycles. The van der Waals surface area contributed by atoms with Gasteiger partial charge >= 0.3 is 0 Å². The molecule has 6 heteroatoms. The van der Waals surface area contributed by atoms with Gasteiger partial charge in [0, 0.05) is 13.1 Å². The summed E-state index contributed by atoms with van der Waals surface area (Å²) >= 11 is 1.54. The number of rotatable bonds is 2. The number of hydrogen-bond donors (Lipinski definition) is 0. The Hall–Kier alpha value is -1.66. The van der Waals surface area contributed by atoms with Crippen LogP contribution in [0.15, 0.2) is 21.9 Å². The Bertz CT molecular complexity index is 606. The fraction of sp³-hybridized carbons (Fsp3) is 0.429. The summed E-state index contributed by atoms with van der Waals surface area (Å²) in [5.41, 5.74) is 0.405. The van der Waals surface area contributed by atoms with Crippen LogP contribution in [0.1, 0.15) is 23.2 Å². The van der Waals surface area contributed by atoms with Crippen LogP contribution in [0.2, 0.25) is 0 Å². The number of aromatic nitrogens is 1. The molecule has 1 fully saturated rings. The van der Waals surface area contributed by atoms with Crippen molar-refractivity contribution >= 4 is 17.2 Å². The topological polar surface area (TPSA) is 55.6 Å². The van der Waals surface area contributed by atoms with Crippen LogP contribution < -0.4 is 0 Å². The van der Waals surface area contributed by atoms with Gasteiger partial charge in [0.05, 0.1) is 17.6 Å². The Morgan fingerprint density at radius 2 is 2.40 bits per heavy atom. The summed E-state index contributed by atoms with van der Waals surface area (Å²) in [6, 6.07) is 3.87. The minimum atomic E-state index is -0.0794. The normalized spacial score (nSPS) is 19.3. The van der Waals surface area contributed by atoms with Gasteiger partial charge in [-0.3, -0.25) is 4.79 Å². The van der Waals surface area contributed by atoms with Crippen molar-refractivity contribution in [1.82, 2.24) is 9.88 Å². The van der Waals surface area contributed by atoms with E-state index in [0.29, 0.717) is 37.0 Å². The van der Waals surface area contributed by atoms with E-state index in [1.165, 1.54) is 0 Å². The minimum absolute atomic E-state index is 0.0664. The largest absolute Gasteiger partial charge is 0.440 e. The monoisotopic (exact) mass is 292 g/mol. The fourth-order valence-corrected chi connectivity index (χ4v) is 2.90. The van der Waals surface area contributed by atoms with E-state index in [4.69, 9.17) is 9.15 Å². The highest BCUT2D eigenvalue weighted by Crippen LogP contribution is 2.26. The van der Waals surface area contributed by atoms with E-state index in [2.05, 4.69) is 4.98 Å². The Morgan fingerprint density at radius 3 is 3.10 bits per heavy atom. The van der Waals surface area contributed by atoms with Crippen LogP contribution in [-0.4, -0.2) is 41.6 Å². The van der Waals surface area contributed by atoms with Gasteiger partial charge in [0.1, 0.15) is 5.76 Å². The number of nitrogens with zero attached hydrogens (tertiary/aromatic N) is 2. The number of morpholine rings is 1. The van der Waals surface area contributed by atoms with E-state index in [-0.39, 0.29) is 12.0 Å². The molecular weight excluding hydrogens is 276 g/mol. The highest BCUT2D eigenvalue weighted by molar-refractivity contribution is 7.13. The van der Waals surface area contributed by atoms with Gasteiger partial charge in [-0.2, -0.15) is 0 Å². The number of aryl methyl sites for hydroxylation is 1. The van der Waals surface area contributed by atoms with Crippen molar-refractivity contribution in [2.24, 2.45) is 0 Å². The first kappa shape index (κ1) is 13.3. The first-order valence-electron chi connectivity index (χ1n) is 6.57. The van der Waals surface area contributed by atoms with Crippen LogP contribution >= 0.6 is 11.3 Å². The SMILES string of the molecule is Cc1oc(-c2cccs2)nc1C(=O)N1CCOC(C)C1. The molecule has 3 rings (SSSR count). The zero-order chi connectivity index (χ0) is 14.1. The molecule has 20 heavy (non-hydrogen) atoms. The van der Waals surface area contributed by atoms with Gasteiger partial charge in [-0.15, -0.1) is 11.3 Å². The van der Waals surface area contributed by atoms with E-state index in [9.17, 15) is 4.79 Å². The number of thiophene rings is 1. The molecule has 0 radical (unpaired) electrons. The summed E-state index contributed by atoms with van der Waals surface area (Å²) in [7, 11) is 0. The Morgan fingerprint density at radius 1 is 1.55 bits per heavy atom. The van der Waals surface area contributed by atoms with Crippen molar-refractivity contribution in [3.8, 4) is 10.8 Å². The van der Waals surface area contributed by atoms with Crippen molar-refractivity contribution in [3.05, 3.63) is 29.0 Å². The smallest absolute Gasteiger partial charge is 0.276 e. The lowest BCUT2D eigenvalue weighted by atomic mass is 10.2. The Balaban J connectivity index is 1.85. The van der Waals surface area contributed by atoms with Gasteiger partial charge in [-0.25, -0.2) is 4.98 Å². The van der Waals surface area contributed by atoms with Crippen molar-refractivity contribution in [2.45, 2.75) is 20.0 Å². The predicted molar refractivity (Wildman–Crippen MR) is 75.9 cm³/mol. The minimum Gasteiger partial charge on any atom is -0.440 e. The Kier molecular flexibility index (Phi) is 3.58.